The van der Waals surface area contributed by atoms with E-state index in [9.17, 15) is 9.59 Å². The Morgan fingerprint density at radius 1 is 1.38 bits per heavy atom. The lowest BCUT2D eigenvalue weighted by Crippen LogP contribution is -2.14. The van der Waals surface area contributed by atoms with Gasteiger partial charge >= 0.3 is 5.97 Å². The lowest BCUT2D eigenvalue weighted by Gasteiger charge is -2.06. The zero-order chi connectivity index (χ0) is 15.4. The van der Waals surface area contributed by atoms with E-state index in [4.69, 9.17) is 9.15 Å². The Balaban J connectivity index is 2.33. The first-order valence-corrected chi connectivity index (χ1v) is 7.54. The van der Waals surface area contributed by atoms with Crippen LogP contribution in [-0.4, -0.2) is 18.5 Å². The van der Waals surface area contributed by atoms with Gasteiger partial charge in [-0.3, -0.25) is 4.79 Å². The highest BCUT2D eigenvalue weighted by atomic mass is 32.1. The quantitative estimate of drug-likeness (QED) is 0.856. The van der Waals surface area contributed by atoms with Gasteiger partial charge in [-0.15, -0.1) is 11.3 Å². The molecule has 0 saturated heterocycles. The molecule has 0 aliphatic heterocycles. The van der Waals surface area contributed by atoms with Crippen LogP contribution in [0.1, 0.15) is 45.2 Å². The Bertz CT molecular complexity index is 643. The number of thiophene rings is 1. The highest BCUT2D eigenvalue weighted by Gasteiger charge is 2.23. The fraction of sp³-hybridized carbons (Fsp3) is 0.333. The molecule has 112 valence electrons. The summed E-state index contributed by atoms with van der Waals surface area (Å²) in [5, 5.41) is 3.24. The SMILES string of the molecule is CCOC(=O)c1c(NC(=O)c2ccco2)sc(CC)c1C. The van der Waals surface area contributed by atoms with Crippen molar-refractivity contribution in [3.63, 3.8) is 0 Å². The van der Waals surface area contributed by atoms with Crippen molar-refractivity contribution in [1.29, 1.82) is 0 Å². The van der Waals surface area contributed by atoms with Crippen molar-refractivity contribution in [3.8, 4) is 0 Å². The van der Waals surface area contributed by atoms with Crippen LogP contribution in [0.4, 0.5) is 5.00 Å². The van der Waals surface area contributed by atoms with E-state index in [1.54, 1.807) is 19.1 Å². The average Bonchev–Trinajstić information content (AvgIpc) is 3.07. The molecule has 2 heterocycles. The van der Waals surface area contributed by atoms with E-state index < -0.39 is 5.97 Å². The van der Waals surface area contributed by atoms with Crippen LogP contribution in [0.3, 0.4) is 0 Å². The number of esters is 1. The molecule has 0 bridgehead atoms. The van der Waals surface area contributed by atoms with Crippen molar-refractivity contribution in [3.05, 3.63) is 40.2 Å². The molecule has 0 radical (unpaired) electrons. The number of nitrogens with one attached hydrogen (secondary N) is 1. The predicted octanol–water partition coefficient (Wildman–Crippen LogP) is 3.64. The summed E-state index contributed by atoms with van der Waals surface area (Å²) >= 11 is 1.39. The third kappa shape index (κ3) is 3.16. The van der Waals surface area contributed by atoms with Crippen molar-refractivity contribution in [2.45, 2.75) is 27.2 Å². The molecule has 5 nitrogen and oxygen atoms in total. The van der Waals surface area contributed by atoms with Crippen LogP contribution in [0.15, 0.2) is 22.8 Å². The maximum absolute atomic E-state index is 12.1. The normalized spacial score (nSPS) is 10.4. The number of rotatable bonds is 5. The third-order valence-corrected chi connectivity index (χ3v) is 4.37. The molecular weight excluding hydrogens is 290 g/mol. The zero-order valence-electron chi connectivity index (χ0n) is 12.2. The van der Waals surface area contributed by atoms with Gasteiger partial charge in [0.1, 0.15) is 5.00 Å². The molecule has 0 aliphatic rings. The summed E-state index contributed by atoms with van der Waals surface area (Å²) in [6.07, 6.45) is 2.22. The molecular formula is C15H17NO4S. The number of ether oxygens (including phenoxy) is 1. The summed E-state index contributed by atoms with van der Waals surface area (Å²) in [5.41, 5.74) is 1.29. The van der Waals surface area contributed by atoms with Gasteiger partial charge < -0.3 is 14.5 Å². The van der Waals surface area contributed by atoms with Gasteiger partial charge in [-0.25, -0.2) is 4.79 Å². The smallest absolute Gasteiger partial charge is 0.341 e. The Morgan fingerprint density at radius 3 is 2.71 bits per heavy atom. The van der Waals surface area contributed by atoms with E-state index in [1.165, 1.54) is 17.6 Å². The summed E-state index contributed by atoms with van der Waals surface area (Å²) in [7, 11) is 0. The number of hydrogen-bond donors (Lipinski definition) is 1. The van der Waals surface area contributed by atoms with Gasteiger partial charge in [-0.05, 0) is 38.0 Å². The van der Waals surface area contributed by atoms with Crippen molar-refractivity contribution in [2.75, 3.05) is 11.9 Å². The predicted molar refractivity (Wildman–Crippen MR) is 81.1 cm³/mol. The molecule has 6 heteroatoms. The molecule has 2 aromatic heterocycles. The van der Waals surface area contributed by atoms with Gasteiger partial charge in [0.2, 0.25) is 0 Å². The molecule has 0 spiro atoms. The summed E-state index contributed by atoms with van der Waals surface area (Å²) in [5.74, 6) is -0.593. The first kappa shape index (κ1) is 15.3. The highest BCUT2D eigenvalue weighted by Crippen LogP contribution is 2.34. The van der Waals surface area contributed by atoms with Crippen LogP contribution in [0.5, 0.6) is 0 Å². The number of furan rings is 1. The van der Waals surface area contributed by atoms with Crippen LogP contribution in [0, 0.1) is 6.92 Å². The fourth-order valence-corrected chi connectivity index (χ4v) is 3.14. The van der Waals surface area contributed by atoms with Crippen LogP contribution in [0.25, 0.3) is 0 Å². The second-order valence-electron chi connectivity index (χ2n) is 4.36. The van der Waals surface area contributed by atoms with Crippen molar-refractivity contribution >= 4 is 28.2 Å². The van der Waals surface area contributed by atoms with E-state index in [1.807, 2.05) is 13.8 Å². The van der Waals surface area contributed by atoms with Crippen molar-refractivity contribution in [1.82, 2.24) is 0 Å². The van der Waals surface area contributed by atoms with Gasteiger partial charge in [0.25, 0.3) is 5.91 Å². The molecule has 0 aliphatic carbocycles. The van der Waals surface area contributed by atoms with Crippen LogP contribution in [-0.2, 0) is 11.2 Å². The van der Waals surface area contributed by atoms with E-state index in [-0.39, 0.29) is 11.7 Å². The van der Waals surface area contributed by atoms with E-state index in [0.717, 1.165) is 16.9 Å². The Labute approximate surface area is 126 Å². The second kappa shape index (κ2) is 6.58. The van der Waals surface area contributed by atoms with E-state index in [0.29, 0.717) is 17.2 Å². The first-order chi connectivity index (χ1) is 10.1. The number of hydrogen-bond acceptors (Lipinski definition) is 5. The van der Waals surface area contributed by atoms with Crippen LogP contribution in [0.2, 0.25) is 0 Å². The molecule has 2 aromatic rings. The van der Waals surface area contributed by atoms with E-state index >= 15 is 0 Å². The topological polar surface area (TPSA) is 68.5 Å². The van der Waals surface area contributed by atoms with Gasteiger partial charge in [-0.2, -0.15) is 0 Å². The minimum atomic E-state index is -0.416. The Kier molecular flexibility index (Phi) is 4.80. The van der Waals surface area contributed by atoms with Gasteiger partial charge in [-0.1, -0.05) is 6.92 Å². The number of amides is 1. The summed E-state index contributed by atoms with van der Waals surface area (Å²) in [4.78, 5) is 25.2. The fourth-order valence-electron chi connectivity index (χ4n) is 2.01. The minimum absolute atomic E-state index is 0.203. The number of carbonyl (C=O) groups is 2. The van der Waals surface area contributed by atoms with Crippen LogP contribution >= 0.6 is 11.3 Å². The molecule has 21 heavy (non-hydrogen) atoms. The Hall–Kier alpha value is -2.08. The highest BCUT2D eigenvalue weighted by molar-refractivity contribution is 7.17. The third-order valence-electron chi connectivity index (χ3n) is 3.02. The average molecular weight is 307 g/mol. The van der Waals surface area contributed by atoms with E-state index in [2.05, 4.69) is 5.32 Å². The van der Waals surface area contributed by atoms with Crippen LogP contribution < -0.4 is 5.32 Å². The molecule has 2 rings (SSSR count). The van der Waals surface area contributed by atoms with Gasteiger partial charge in [0.05, 0.1) is 18.4 Å². The molecule has 0 fully saturated rings. The maximum atomic E-state index is 12.1. The zero-order valence-corrected chi connectivity index (χ0v) is 13.0. The molecule has 0 aromatic carbocycles. The number of carbonyl (C=O) groups excluding carboxylic acids is 2. The second-order valence-corrected chi connectivity index (χ2v) is 5.46. The minimum Gasteiger partial charge on any atom is -0.462 e. The molecule has 1 N–H and O–H groups in total. The van der Waals surface area contributed by atoms with Gasteiger partial charge in [0.15, 0.2) is 5.76 Å². The molecule has 1 amide bonds. The van der Waals surface area contributed by atoms with Gasteiger partial charge in [0, 0.05) is 4.88 Å². The standard InChI is InChI=1S/C15H17NO4S/c1-4-11-9(3)12(15(18)19-5-2)14(21-11)16-13(17)10-7-6-8-20-10/h6-8H,4-5H2,1-3H3,(H,16,17). The molecule has 0 unspecified atom stereocenters. The summed E-state index contributed by atoms with van der Waals surface area (Å²) in [6, 6.07) is 3.21. The van der Waals surface area contributed by atoms with Crippen molar-refractivity contribution in [2.24, 2.45) is 0 Å². The number of anilines is 1. The summed E-state index contributed by atoms with van der Waals surface area (Å²) in [6.45, 7) is 5.92. The lowest BCUT2D eigenvalue weighted by atomic mass is 10.1. The molecule has 0 saturated carbocycles. The first-order valence-electron chi connectivity index (χ1n) is 6.72. The lowest BCUT2D eigenvalue weighted by molar-refractivity contribution is 0.0527. The number of aryl methyl sites for hydroxylation is 1. The molecule has 0 atom stereocenters. The van der Waals surface area contributed by atoms with Crippen molar-refractivity contribution < 1.29 is 18.7 Å². The maximum Gasteiger partial charge on any atom is 0.341 e. The largest absolute Gasteiger partial charge is 0.462 e. The Morgan fingerprint density at radius 2 is 2.14 bits per heavy atom. The monoisotopic (exact) mass is 307 g/mol. The summed E-state index contributed by atoms with van der Waals surface area (Å²) < 4.78 is 10.1.